The summed E-state index contributed by atoms with van der Waals surface area (Å²) in [5.74, 6) is 0.200. The Hall–Kier alpha value is -1.32. The third-order valence-electron chi connectivity index (χ3n) is 3.63. The molecule has 134 valence electrons. The van der Waals surface area contributed by atoms with Crippen molar-refractivity contribution in [3.8, 4) is 0 Å². The number of rotatable bonds is 12. The Morgan fingerprint density at radius 1 is 1.09 bits per heavy atom. The summed E-state index contributed by atoms with van der Waals surface area (Å²) < 4.78 is 5.00. The number of nitrogens with one attached hydrogen (secondary N) is 1. The molecule has 0 aromatic heterocycles. The van der Waals surface area contributed by atoms with E-state index in [-0.39, 0.29) is 17.9 Å². The number of carbonyl (C=O) groups excluding carboxylic acids is 2. The summed E-state index contributed by atoms with van der Waals surface area (Å²) in [5, 5.41) is 3.04. The average molecular weight is 325 g/mol. The normalized spacial score (nSPS) is 13.0. The molecule has 0 aromatic rings. The molecular formula is C19H35NO3. The van der Waals surface area contributed by atoms with E-state index in [1.807, 2.05) is 6.08 Å². The van der Waals surface area contributed by atoms with Gasteiger partial charge in [0.15, 0.2) is 0 Å². The van der Waals surface area contributed by atoms with Crippen molar-refractivity contribution in [1.29, 1.82) is 0 Å². The topological polar surface area (TPSA) is 55.4 Å². The molecule has 0 aliphatic carbocycles. The van der Waals surface area contributed by atoms with E-state index in [2.05, 4.69) is 26.1 Å². The maximum Gasteiger partial charge on any atom is 0.333 e. The largest absolute Gasteiger partial charge is 0.463 e. The molecule has 1 N–H and O–H groups in total. The fraction of sp³-hybridized carbons (Fsp3) is 0.789. The predicted octanol–water partition coefficient (Wildman–Crippen LogP) is 4.39. The zero-order valence-corrected chi connectivity index (χ0v) is 15.6. The molecular weight excluding hydrogens is 290 g/mol. The van der Waals surface area contributed by atoms with E-state index in [0.717, 1.165) is 19.3 Å². The van der Waals surface area contributed by atoms with Crippen LogP contribution in [0.2, 0.25) is 0 Å². The lowest BCUT2D eigenvalue weighted by atomic mass is 10.0. The summed E-state index contributed by atoms with van der Waals surface area (Å²) in [7, 11) is 0. The van der Waals surface area contributed by atoms with Gasteiger partial charge in [-0.2, -0.15) is 0 Å². The second-order valence-corrected chi connectivity index (χ2v) is 6.54. The minimum Gasteiger partial charge on any atom is -0.463 e. The predicted molar refractivity (Wildman–Crippen MR) is 95.2 cm³/mol. The molecule has 0 aliphatic rings. The third kappa shape index (κ3) is 11.8. The molecule has 0 saturated heterocycles. The van der Waals surface area contributed by atoms with Crippen LogP contribution in [0.25, 0.3) is 0 Å². The molecule has 1 unspecified atom stereocenters. The van der Waals surface area contributed by atoms with Gasteiger partial charge in [0.2, 0.25) is 5.91 Å². The van der Waals surface area contributed by atoms with Gasteiger partial charge in [-0.05, 0) is 32.6 Å². The first-order valence-electron chi connectivity index (χ1n) is 9.05. The van der Waals surface area contributed by atoms with E-state index in [0.29, 0.717) is 24.5 Å². The monoisotopic (exact) mass is 325 g/mol. The van der Waals surface area contributed by atoms with Gasteiger partial charge in [-0.15, -0.1) is 0 Å². The number of hydrogen-bond acceptors (Lipinski definition) is 3. The van der Waals surface area contributed by atoms with Crippen LogP contribution in [0.15, 0.2) is 11.6 Å². The van der Waals surface area contributed by atoms with Crippen LogP contribution < -0.4 is 5.32 Å². The van der Waals surface area contributed by atoms with Crippen molar-refractivity contribution in [2.45, 2.75) is 85.6 Å². The van der Waals surface area contributed by atoms with Crippen molar-refractivity contribution >= 4 is 11.9 Å². The lowest BCUT2D eigenvalue weighted by molar-refractivity contribution is -0.138. The molecule has 0 rings (SSSR count). The first-order chi connectivity index (χ1) is 10.9. The number of carbonyl (C=O) groups is 2. The zero-order chi connectivity index (χ0) is 17.7. The molecule has 23 heavy (non-hydrogen) atoms. The quantitative estimate of drug-likeness (QED) is 0.329. The van der Waals surface area contributed by atoms with E-state index >= 15 is 0 Å². The summed E-state index contributed by atoms with van der Waals surface area (Å²) in [5.41, 5.74) is 0.556. The lowest BCUT2D eigenvalue weighted by Crippen LogP contribution is -2.34. The van der Waals surface area contributed by atoms with Crippen LogP contribution >= 0.6 is 0 Å². The molecule has 0 saturated carbocycles. The van der Waals surface area contributed by atoms with E-state index in [1.54, 1.807) is 13.8 Å². The molecule has 0 radical (unpaired) electrons. The SMILES string of the molecule is CCCCCCCC(=O)NC(C=C(C)C(=O)OCC)CC(C)C. The van der Waals surface area contributed by atoms with Crippen molar-refractivity contribution < 1.29 is 14.3 Å². The van der Waals surface area contributed by atoms with Gasteiger partial charge in [-0.25, -0.2) is 4.79 Å². The van der Waals surface area contributed by atoms with Crippen molar-refractivity contribution in [2.75, 3.05) is 6.61 Å². The fourth-order valence-corrected chi connectivity index (χ4v) is 2.46. The van der Waals surface area contributed by atoms with Gasteiger partial charge in [0.25, 0.3) is 0 Å². The Bertz CT molecular complexity index is 375. The van der Waals surface area contributed by atoms with Gasteiger partial charge in [-0.1, -0.05) is 52.5 Å². The molecule has 4 heteroatoms. The number of ether oxygens (including phenoxy) is 1. The Morgan fingerprint density at radius 3 is 2.30 bits per heavy atom. The highest BCUT2D eigenvalue weighted by atomic mass is 16.5. The Labute approximate surface area is 142 Å². The standard InChI is InChI=1S/C19H35NO3/c1-6-8-9-10-11-12-18(21)20-17(13-15(3)4)14-16(5)19(22)23-7-2/h14-15,17H,6-13H2,1-5H3,(H,20,21). The first-order valence-corrected chi connectivity index (χ1v) is 9.05. The van der Waals surface area contributed by atoms with Gasteiger partial charge in [-0.3, -0.25) is 4.79 Å². The maximum absolute atomic E-state index is 12.1. The van der Waals surface area contributed by atoms with Crippen molar-refractivity contribution in [2.24, 2.45) is 5.92 Å². The summed E-state index contributed by atoms with van der Waals surface area (Å²) >= 11 is 0. The van der Waals surface area contributed by atoms with Crippen LogP contribution in [0.5, 0.6) is 0 Å². The van der Waals surface area contributed by atoms with Crippen LogP contribution in [0.3, 0.4) is 0 Å². The molecule has 0 aliphatic heterocycles. The van der Waals surface area contributed by atoms with Gasteiger partial charge in [0.1, 0.15) is 0 Å². The fourth-order valence-electron chi connectivity index (χ4n) is 2.46. The van der Waals surface area contributed by atoms with Crippen molar-refractivity contribution in [1.82, 2.24) is 5.32 Å². The third-order valence-corrected chi connectivity index (χ3v) is 3.63. The Kier molecular flexibility index (Phi) is 12.4. The summed E-state index contributed by atoms with van der Waals surface area (Å²) in [6, 6.07) is -0.109. The molecule has 0 spiro atoms. The van der Waals surface area contributed by atoms with Gasteiger partial charge < -0.3 is 10.1 Å². The highest BCUT2D eigenvalue weighted by Gasteiger charge is 2.14. The minimum absolute atomic E-state index is 0.0695. The Morgan fingerprint density at radius 2 is 1.74 bits per heavy atom. The van der Waals surface area contributed by atoms with E-state index < -0.39 is 0 Å². The second kappa shape index (κ2) is 13.1. The van der Waals surface area contributed by atoms with Crippen molar-refractivity contribution in [3.63, 3.8) is 0 Å². The van der Waals surface area contributed by atoms with E-state index in [1.165, 1.54) is 19.3 Å². The van der Waals surface area contributed by atoms with Gasteiger partial charge in [0.05, 0.1) is 6.61 Å². The maximum atomic E-state index is 12.1. The summed E-state index contributed by atoms with van der Waals surface area (Å²) in [6.07, 6.45) is 8.88. The smallest absolute Gasteiger partial charge is 0.333 e. The zero-order valence-electron chi connectivity index (χ0n) is 15.6. The van der Waals surface area contributed by atoms with Crippen LogP contribution in [-0.4, -0.2) is 24.5 Å². The molecule has 0 aromatic carbocycles. The lowest BCUT2D eigenvalue weighted by Gasteiger charge is -2.18. The van der Waals surface area contributed by atoms with Crippen LogP contribution in [-0.2, 0) is 14.3 Å². The number of amides is 1. The van der Waals surface area contributed by atoms with Gasteiger partial charge in [0, 0.05) is 18.0 Å². The minimum atomic E-state index is -0.310. The molecule has 0 heterocycles. The van der Waals surface area contributed by atoms with E-state index in [4.69, 9.17) is 4.74 Å². The highest BCUT2D eigenvalue weighted by molar-refractivity contribution is 5.88. The second-order valence-electron chi connectivity index (χ2n) is 6.54. The average Bonchev–Trinajstić information content (AvgIpc) is 2.46. The molecule has 4 nitrogen and oxygen atoms in total. The highest BCUT2D eigenvalue weighted by Crippen LogP contribution is 2.11. The summed E-state index contributed by atoms with van der Waals surface area (Å²) in [4.78, 5) is 23.8. The Balaban J connectivity index is 4.46. The van der Waals surface area contributed by atoms with E-state index in [9.17, 15) is 9.59 Å². The summed E-state index contributed by atoms with van der Waals surface area (Å²) in [6.45, 7) is 10.3. The first kappa shape index (κ1) is 21.7. The molecule has 0 bridgehead atoms. The van der Waals surface area contributed by atoms with Crippen LogP contribution in [0.4, 0.5) is 0 Å². The molecule has 0 fully saturated rings. The van der Waals surface area contributed by atoms with Gasteiger partial charge >= 0.3 is 5.97 Å². The van der Waals surface area contributed by atoms with Crippen molar-refractivity contribution in [3.05, 3.63) is 11.6 Å². The molecule has 1 amide bonds. The van der Waals surface area contributed by atoms with Crippen LogP contribution in [0.1, 0.15) is 79.6 Å². The number of unbranched alkanes of at least 4 members (excludes halogenated alkanes) is 4. The number of hydrogen-bond donors (Lipinski definition) is 1. The van der Waals surface area contributed by atoms with Crippen LogP contribution in [0, 0.1) is 5.92 Å². The number of esters is 1. The molecule has 1 atom stereocenters.